The average Bonchev–Trinajstić information content (AvgIpc) is 2.65. The highest BCUT2D eigenvalue weighted by atomic mass is 35.5. The van der Waals surface area contributed by atoms with Gasteiger partial charge in [0.1, 0.15) is 0 Å². The molecule has 7 heteroatoms. The first-order valence-corrected chi connectivity index (χ1v) is 8.68. The minimum absolute atomic E-state index is 0.337. The molecule has 26 heavy (non-hydrogen) atoms. The fourth-order valence-electron chi connectivity index (χ4n) is 2.14. The second-order valence-corrected chi connectivity index (χ2v) is 5.80. The van der Waals surface area contributed by atoms with Crippen LogP contribution in [0.4, 0.5) is 0 Å². The van der Waals surface area contributed by atoms with Gasteiger partial charge in [0.15, 0.2) is 11.5 Å². The quantitative estimate of drug-likeness (QED) is 0.724. The topological polar surface area (TPSA) is 76.7 Å². The van der Waals surface area contributed by atoms with Crippen molar-refractivity contribution in [2.45, 2.75) is 20.3 Å². The first-order valence-electron chi connectivity index (χ1n) is 8.31. The van der Waals surface area contributed by atoms with E-state index in [0.29, 0.717) is 40.9 Å². The summed E-state index contributed by atoms with van der Waals surface area (Å²) in [5.41, 5.74) is 5.41. The molecule has 6 nitrogen and oxygen atoms in total. The lowest BCUT2D eigenvalue weighted by Gasteiger charge is -2.13. The van der Waals surface area contributed by atoms with E-state index in [1.165, 1.54) is 6.07 Å². The summed E-state index contributed by atoms with van der Waals surface area (Å²) < 4.78 is 11.1. The molecule has 0 fully saturated rings. The second-order valence-electron chi connectivity index (χ2n) is 5.36. The number of carbonyl (C=O) groups is 2. The Balaban J connectivity index is 2.04. The molecular formula is C19H21ClN2O4. The number of halogens is 1. The van der Waals surface area contributed by atoms with E-state index in [1.807, 2.05) is 13.8 Å². The summed E-state index contributed by atoms with van der Waals surface area (Å²) in [4.78, 5) is 24.3. The van der Waals surface area contributed by atoms with Gasteiger partial charge >= 0.3 is 0 Å². The Kier molecular flexibility index (Phi) is 7.29. The molecule has 2 amide bonds. The van der Waals surface area contributed by atoms with Crippen LogP contribution in [0.2, 0.25) is 5.02 Å². The standard InChI is InChI=1S/C19H21ClN2O4/c1-3-10-26-16-9-8-14(12-17(16)25-4-2)19(24)22-21-18(23)13-6-5-7-15(20)11-13/h5-9,11-12H,3-4,10H2,1-2H3,(H,21,23)(H,22,24). The normalized spacial score (nSPS) is 10.1. The highest BCUT2D eigenvalue weighted by molar-refractivity contribution is 6.30. The molecule has 0 saturated carbocycles. The molecule has 0 bridgehead atoms. The molecule has 138 valence electrons. The zero-order valence-electron chi connectivity index (χ0n) is 14.7. The zero-order valence-corrected chi connectivity index (χ0v) is 15.4. The zero-order chi connectivity index (χ0) is 18.9. The molecule has 0 saturated heterocycles. The summed E-state index contributed by atoms with van der Waals surface area (Å²) in [6.45, 7) is 4.85. The first kappa shape index (κ1) is 19.6. The predicted octanol–water partition coefficient (Wildman–Crippen LogP) is 3.60. The van der Waals surface area contributed by atoms with Gasteiger partial charge in [-0.2, -0.15) is 0 Å². The van der Waals surface area contributed by atoms with Gasteiger partial charge in [0.2, 0.25) is 0 Å². The Morgan fingerprint density at radius 2 is 1.62 bits per heavy atom. The summed E-state index contributed by atoms with van der Waals surface area (Å²) in [5.74, 6) is 0.125. The van der Waals surface area contributed by atoms with Crippen molar-refractivity contribution in [3.05, 3.63) is 58.6 Å². The van der Waals surface area contributed by atoms with Crippen molar-refractivity contribution in [1.29, 1.82) is 0 Å². The lowest BCUT2D eigenvalue weighted by molar-refractivity contribution is 0.0846. The van der Waals surface area contributed by atoms with Gasteiger partial charge in [-0.1, -0.05) is 24.6 Å². The van der Waals surface area contributed by atoms with Crippen LogP contribution in [-0.2, 0) is 0 Å². The highest BCUT2D eigenvalue weighted by Crippen LogP contribution is 2.28. The molecule has 0 atom stereocenters. The molecule has 2 aromatic rings. The van der Waals surface area contributed by atoms with Crippen LogP contribution in [-0.4, -0.2) is 25.0 Å². The van der Waals surface area contributed by atoms with Crippen molar-refractivity contribution in [3.8, 4) is 11.5 Å². The lowest BCUT2D eigenvalue weighted by atomic mass is 10.2. The molecule has 2 aromatic carbocycles. The fraction of sp³-hybridized carbons (Fsp3) is 0.263. The summed E-state index contributed by atoms with van der Waals surface area (Å²) in [5, 5.41) is 0.438. The van der Waals surface area contributed by atoms with Crippen LogP contribution in [0.5, 0.6) is 11.5 Å². The van der Waals surface area contributed by atoms with Crippen molar-refractivity contribution >= 4 is 23.4 Å². The number of hydrogen-bond donors (Lipinski definition) is 2. The molecule has 0 aliphatic heterocycles. The van der Waals surface area contributed by atoms with Crippen LogP contribution in [0.15, 0.2) is 42.5 Å². The van der Waals surface area contributed by atoms with Crippen LogP contribution < -0.4 is 20.3 Å². The van der Waals surface area contributed by atoms with Gasteiger partial charge in [-0.3, -0.25) is 20.4 Å². The van der Waals surface area contributed by atoms with Gasteiger partial charge in [-0.15, -0.1) is 0 Å². The van der Waals surface area contributed by atoms with Crippen LogP contribution in [0, 0.1) is 0 Å². The molecule has 0 aliphatic carbocycles. The number of amides is 2. The van der Waals surface area contributed by atoms with Crippen LogP contribution in [0.1, 0.15) is 41.0 Å². The Labute approximate surface area is 157 Å². The number of benzene rings is 2. The Hall–Kier alpha value is -2.73. The number of hydrazine groups is 1. The van der Waals surface area contributed by atoms with E-state index < -0.39 is 11.8 Å². The second kappa shape index (κ2) is 9.68. The van der Waals surface area contributed by atoms with E-state index in [-0.39, 0.29) is 0 Å². The maximum absolute atomic E-state index is 12.3. The van der Waals surface area contributed by atoms with Gasteiger partial charge in [-0.05, 0) is 49.7 Å². The molecule has 0 aliphatic rings. The Bertz CT molecular complexity index is 780. The molecule has 2 rings (SSSR count). The minimum atomic E-state index is -0.469. The van der Waals surface area contributed by atoms with Crippen molar-refractivity contribution in [3.63, 3.8) is 0 Å². The summed E-state index contributed by atoms with van der Waals surface area (Å²) in [7, 11) is 0. The lowest BCUT2D eigenvalue weighted by Crippen LogP contribution is -2.41. The number of ether oxygens (including phenoxy) is 2. The van der Waals surface area contributed by atoms with Crippen LogP contribution in [0.3, 0.4) is 0 Å². The van der Waals surface area contributed by atoms with Gasteiger partial charge in [0, 0.05) is 16.1 Å². The highest BCUT2D eigenvalue weighted by Gasteiger charge is 2.13. The maximum Gasteiger partial charge on any atom is 0.269 e. The Morgan fingerprint density at radius 3 is 2.23 bits per heavy atom. The van der Waals surface area contributed by atoms with Crippen molar-refractivity contribution in [1.82, 2.24) is 10.9 Å². The number of hydrogen-bond acceptors (Lipinski definition) is 4. The number of carbonyl (C=O) groups excluding carboxylic acids is 2. The molecule has 0 spiro atoms. The fourth-order valence-corrected chi connectivity index (χ4v) is 2.33. The third-order valence-corrected chi connectivity index (χ3v) is 3.58. The van der Waals surface area contributed by atoms with Crippen molar-refractivity contribution in [2.24, 2.45) is 0 Å². The van der Waals surface area contributed by atoms with Gasteiger partial charge in [0.05, 0.1) is 13.2 Å². The molecule has 0 aromatic heterocycles. The summed E-state index contributed by atoms with van der Waals surface area (Å²) in [6, 6.07) is 11.3. The first-order chi connectivity index (χ1) is 12.5. The van der Waals surface area contributed by atoms with Gasteiger partial charge in [0.25, 0.3) is 11.8 Å². The van der Waals surface area contributed by atoms with E-state index in [9.17, 15) is 9.59 Å². The summed E-state index contributed by atoms with van der Waals surface area (Å²) in [6.07, 6.45) is 0.864. The number of rotatable bonds is 7. The monoisotopic (exact) mass is 376 g/mol. The van der Waals surface area contributed by atoms with Crippen LogP contribution in [0.25, 0.3) is 0 Å². The van der Waals surface area contributed by atoms with E-state index in [1.54, 1.807) is 36.4 Å². The molecular weight excluding hydrogens is 356 g/mol. The molecule has 0 radical (unpaired) electrons. The Morgan fingerprint density at radius 1 is 0.923 bits per heavy atom. The van der Waals surface area contributed by atoms with E-state index in [2.05, 4.69) is 10.9 Å². The smallest absolute Gasteiger partial charge is 0.269 e. The minimum Gasteiger partial charge on any atom is -0.490 e. The third-order valence-electron chi connectivity index (χ3n) is 3.34. The summed E-state index contributed by atoms with van der Waals surface area (Å²) >= 11 is 5.85. The van der Waals surface area contributed by atoms with Crippen molar-refractivity contribution in [2.75, 3.05) is 13.2 Å². The predicted molar refractivity (Wildman–Crippen MR) is 99.8 cm³/mol. The van der Waals surface area contributed by atoms with Crippen molar-refractivity contribution < 1.29 is 19.1 Å². The SMILES string of the molecule is CCCOc1ccc(C(=O)NNC(=O)c2cccc(Cl)c2)cc1OCC. The van der Waals surface area contributed by atoms with Gasteiger partial charge < -0.3 is 9.47 Å². The largest absolute Gasteiger partial charge is 0.490 e. The van der Waals surface area contributed by atoms with E-state index in [4.69, 9.17) is 21.1 Å². The number of nitrogens with one attached hydrogen (secondary N) is 2. The van der Waals surface area contributed by atoms with E-state index >= 15 is 0 Å². The maximum atomic E-state index is 12.3. The van der Waals surface area contributed by atoms with Crippen LogP contribution >= 0.6 is 11.6 Å². The third kappa shape index (κ3) is 5.39. The van der Waals surface area contributed by atoms with Gasteiger partial charge in [-0.25, -0.2) is 0 Å². The van der Waals surface area contributed by atoms with E-state index in [0.717, 1.165) is 6.42 Å². The molecule has 0 heterocycles. The average molecular weight is 377 g/mol. The molecule has 2 N–H and O–H groups in total. The molecule has 0 unspecified atom stereocenters.